The quantitative estimate of drug-likeness (QED) is 0.381. The first-order valence-electron chi connectivity index (χ1n) is 11.2. The summed E-state index contributed by atoms with van der Waals surface area (Å²) in [4.78, 5) is 44.6. The second-order valence-electron chi connectivity index (χ2n) is 7.77. The van der Waals surface area contributed by atoms with Crippen LogP contribution in [0.5, 0.6) is 0 Å². The Kier molecular flexibility index (Phi) is 6.02. The minimum absolute atomic E-state index is 0.0447. The number of hydrogen-bond donors (Lipinski definition) is 1. The number of anilines is 2. The van der Waals surface area contributed by atoms with Gasteiger partial charge in [-0.05, 0) is 48.9 Å². The summed E-state index contributed by atoms with van der Waals surface area (Å²) in [6, 6.07) is 16.6. The highest BCUT2D eigenvalue weighted by Gasteiger charge is 2.24. The van der Waals surface area contributed by atoms with Crippen molar-refractivity contribution in [3.63, 3.8) is 0 Å². The van der Waals surface area contributed by atoms with Gasteiger partial charge in [0, 0.05) is 35.6 Å². The van der Waals surface area contributed by atoms with Crippen LogP contribution in [0.4, 0.5) is 11.9 Å². The van der Waals surface area contributed by atoms with Crippen molar-refractivity contribution in [3.05, 3.63) is 97.0 Å². The first kappa shape index (κ1) is 22.6. The number of hydrogen-bond acceptors (Lipinski definition) is 7. The van der Waals surface area contributed by atoms with Crippen LogP contribution in [0.2, 0.25) is 0 Å². The number of carbonyl (C=O) groups is 2. The molecule has 9 nitrogen and oxygen atoms in total. The molecule has 0 unspecified atom stereocenters. The van der Waals surface area contributed by atoms with E-state index in [1.54, 1.807) is 41.9 Å². The number of rotatable bonds is 5. The highest BCUT2D eigenvalue weighted by atomic mass is 16.2. The summed E-state index contributed by atoms with van der Waals surface area (Å²) in [5.74, 6) is -0.889. The maximum atomic E-state index is 13.2. The lowest BCUT2D eigenvalue weighted by Crippen LogP contribution is -2.36. The van der Waals surface area contributed by atoms with Gasteiger partial charge in [-0.1, -0.05) is 36.4 Å². The number of pyridine rings is 1. The molecule has 0 spiro atoms. The predicted molar refractivity (Wildman–Crippen MR) is 139 cm³/mol. The molecule has 2 N–H and O–H groups in total. The molecule has 9 heteroatoms. The molecule has 0 bridgehead atoms. The Bertz CT molecular complexity index is 1660. The van der Waals surface area contributed by atoms with Gasteiger partial charge in [0.2, 0.25) is 11.9 Å². The van der Waals surface area contributed by atoms with Crippen LogP contribution in [-0.4, -0.2) is 36.2 Å². The third kappa shape index (κ3) is 4.09. The molecule has 0 radical (unpaired) electrons. The molecule has 5 rings (SSSR count). The lowest BCUT2D eigenvalue weighted by Gasteiger charge is -2.16. The summed E-state index contributed by atoms with van der Waals surface area (Å²) >= 11 is 0. The summed E-state index contributed by atoms with van der Waals surface area (Å²) in [7, 11) is 0. The van der Waals surface area contributed by atoms with Gasteiger partial charge in [-0.3, -0.25) is 14.0 Å². The minimum Gasteiger partial charge on any atom is -0.369 e. The van der Waals surface area contributed by atoms with Crippen molar-refractivity contribution in [2.45, 2.75) is 6.92 Å². The van der Waals surface area contributed by atoms with E-state index in [2.05, 4.69) is 19.9 Å². The summed E-state index contributed by atoms with van der Waals surface area (Å²) in [6.45, 7) is 1.70. The van der Waals surface area contributed by atoms with Gasteiger partial charge in [-0.15, -0.1) is 0 Å². The van der Waals surface area contributed by atoms with E-state index >= 15 is 0 Å². The van der Waals surface area contributed by atoms with Crippen molar-refractivity contribution >= 4 is 46.3 Å². The molecule has 1 aromatic carbocycles. The Morgan fingerprint density at radius 2 is 1.67 bits per heavy atom. The smallest absolute Gasteiger partial charge is 0.260 e. The Balaban J connectivity index is 1.64. The zero-order valence-corrected chi connectivity index (χ0v) is 19.3. The van der Waals surface area contributed by atoms with Gasteiger partial charge in [-0.25, -0.2) is 24.8 Å². The maximum absolute atomic E-state index is 13.2. The number of benzene rings is 1. The predicted octanol–water partition coefficient (Wildman–Crippen LogP) is 4.07. The Labute approximate surface area is 206 Å². The lowest BCUT2D eigenvalue weighted by atomic mass is 10.1. The van der Waals surface area contributed by atoms with Crippen molar-refractivity contribution in [2.75, 3.05) is 10.6 Å². The van der Waals surface area contributed by atoms with E-state index in [0.717, 1.165) is 26.9 Å². The normalized spacial score (nSPS) is 11.6. The van der Waals surface area contributed by atoms with Crippen molar-refractivity contribution in [1.82, 2.24) is 24.3 Å². The van der Waals surface area contributed by atoms with Crippen LogP contribution in [0.3, 0.4) is 0 Å². The second kappa shape index (κ2) is 9.59. The van der Waals surface area contributed by atoms with Gasteiger partial charge in [0.25, 0.3) is 11.8 Å². The molecule has 0 aliphatic rings. The monoisotopic (exact) mass is 475 g/mol. The molecule has 36 heavy (non-hydrogen) atoms. The van der Waals surface area contributed by atoms with E-state index in [0.29, 0.717) is 11.3 Å². The van der Waals surface area contributed by atoms with Gasteiger partial charge in [-0.2, -0.15) is 0 Å². The number of fused-ring (bicyclic) bond motifs is 3. The maximum Gasteiger partial charge on any atom is 0.260 e. The Morgan fingerprint density at radius 3 is 2.47 bits per heavy atom. The zero-order chi connectivity index (χ0) is 25.1. The van der Waals surface area contributed by atoms with Crippen molar-refractivity contribution in [2.24, 2.45) is 0 Å². The molecule has 0 aliphatic heterocycles. The number of carbonyl (C=O) groups excluding carboxylic acids is 2. The molecule has 0 saturated heterocycles. The molecule has 176 valence electrons. The highest BCUT2D eigenvalue weighted by Crippen LogP contribution is 2.34. The first-order valence-corrected chi connectivity index (χ1v) is 11.2. The first-order chi connectivity index (χ1) is 17.6. The Morgan fingerprint density at radius 1 is 0.889 bits per heavy atom. The fourth-order valence-electron chi connectivity index (χ4n) is 3.96. The van der Waals surface area contributed by atoms with Crippen LogP contribution in [0.15, 0.2) is 91.4 Å². The van der Waals surface area contributed by atoms with E-state index in [4.69, 9.17) is 5.73 Å². The lowest BCUT2D eigenvalue weighted by molar-refractivity contribution is -0.121. The summed E-state index contributed by atoms with van der Waals surface area (Å²) in [6.07, 6.45) is 10.6. The molecule has 2 amide bonds. The summed E-state index contributed by atoms with van der Waals surface area (Å²) in [5.41, 5.74) is 9.58. The van der Waals surface area contributed by atoms with Crippen LogP contribution in [0, 0.1) is 0 Å². The number of nitrogens with zero attached hydrogens (tertiary/aromatic N) is 6. The SMILES string of the molecule is C/C=C/C(=O)N(C(=O)/C=C/c1ccccc1)c1nccc(-c2c3cccnc3n3c(N)nccc23)n1. The molecule has 4 aromatic heterocycles. The van der Waals surface area contributed by atoms with Gasteiger partial charge < -0.3 is 5.73 Å². The van der Waals surface area contributed by atoms with Crippen LogP contribution < -0.4 is 10.6 Å². The summed E-state index contributed by atoms with van der Waals surface area (Å²) < 4.78 is 1.74. The van der Waals surface area contributed by atoms with Gasteiger partial charge >= 0.3 is 0 Å². The fourth-order valence-corrected chi connectivity index (χ4v) is 3.96. The fraction of sp³-hybridized carbons (Fsp3) is 0.0370. The van der Waals surface area contributed by atoms with Crippen LogP contribution in [0.1, 0.15) is 12.5 Å². The highest BCUT2D eigenvalue weighted by molar-refractivity contribution is 6.22. The number of allylic oxidation sites excluding steroid dienone is 1. The molecule has 0 aliphatic carbocycles. The topological polar surface area (TPSA) is 119 Å². The molecule has 0 fully saturated rings. The summed E-state index contributed by atoms with van der Waals surface area (Å²) in [5, 5.41) is 0.795. The third-order valence-electron chi connectivity index (χ3n) is 5.50. The van der Waals surface area contributed by atoms with Crippen LogP contribution in [0.25, 0.3) is 33.9 Å². The molecule has 5 aromatic rings. The number of nitrogen functional groups attached to an aromatic ring is 1. The van der Waals surface area contributed by atoms with Gasteiger partial charge in [0.1, 0.15) is 5.65 Å². The number of aromatic nitrogens is 5. The average molecular weight is 476 g/mol. The van der Waals surface area contributed by atoms with E-state index in [9.17, 15) is 9.59 Å². The van der Waals surface area contributed by atoms with Crippen molar-refractivity contribution in [3.8, 4) is 11.3 Å². The Hall–Kier alpha value is -5.18. The largest absolute Gasteiger partial charge is 0.369 e. The molecule has 4 heterocycles. The van der Waals surface area contributed by atoms with Crippen molar-refractivity contribution < 1.29 is 9.59 Å². The van der Waals surface area contributed by atoms with E-state index in [1.807, 2.05) is 48.5 Å². The molecular weight excluding hydrogens is 454 g/mol. The average Bonchev–Trinajstić information content (AvgIpc) is 3.24. The zero-order valence-electron chi connectivity index (χ0n) is 19.3. The molecule has 0 atom stereocenters. The van der Waals surface area contributed by atoms with Gasteiger partial charge in [0.05, 0.1) is 11.2 Å². The second-order valence-corrected chi connectivity index (χ2v) is 7.77. The van der Waals surface area contributed by atoms with Gasteiger partial charge in [0.15, 0.2) is 0 Å². The number of nitrogens with two attached hydrogens (primary N) is 1. The minimum atomic E-state index is -0.569. The third-order valence-corrected chi connectivity index (χ3v) is 5.50. The van der Waals surface area contributed by atoms with E-state index in [-0.39, 0.29) is 11.9 Å². The van der Waals surface area contributed by atoms with E-state index in [1.165, 1.54) is 18.3 Å². The number of amides is 2. The van der Waals surface area contributed by atoms with E-state index < -0.39 is 11.8 Å². The number of imide groups is 1. The molecular formula is C27H21N7O2. The standard InChI is InChI=1S/C27H21N7O2/c1-2-7-22(35)34(23(36)12-11-18-8-4-3-5-9-18)27-31-16-13-20(32-27)24-19-10-6-15-29-25(19)33-21(24)14-17-30-26(33)28/h2-17H,1H3,(H2,28,30)/b7-2+,12-11+. The molecule has 0 saturated carbocycles. The van der Waals surface area contributed by atoms with Crippen molar-refractivity contribution in [1.29, 1.82) is 0 Å². The van der Waals surface area contributed by atoms with Crippen LogP contribution >= 0.6 is 0 Å². The van der Waals surface area contributed by atoms with Crippen LogP contribution in [-0.2, 0) is 9.59 Å².